The van der Waals surface area contributed by atoms with Gasteiger partial charge in [-0.25, -0.2) is 14.6 Å². The molecule has 8 nitrogen and oxygen atoms in total. The standard InChI is InChI=1S/C20H28N6O2/c1-14(22-19(28)17-9-10-18(27)25(3)24-17)16-13-21-20(23-15(16)2)26-11-7-5-4-6-8-12-26/h9-10,13-14H,4-8,11-12H2,1-3H3,(H,22,28). The van der Waals surface area contributed by atoms with Crippen LogP contribution in [0.1, 0.15) is 66.8 Å². The second kappa shape index (κ2) is 8.95. The van der Waals surface area contributed by atoms with Gasteiger partial charge in [-0.05, 0) is 32.8 Å². The topological polar surface area (TPSA) is 93.0 Å². The summed E-state index contributed by atoms with van der Waals surface area (Å²) in [4.78, 5) is 35.4. The molecule has 0 aliphatic carbocycles. The molecular formula is C20H28N6O2. The van der Waals surface area contributed by atoms with Crippen LogP contribution < -0.4 is 15.8 Å². The summed E-state index contributed by atoms with van der Waals surface area (Å²) in [6.45, 7) is 5.81. The van der Waals surface area contributed by atoms with Crippen molar-refractivity contribution in [3.63, 3.8) is 0 Å². The van der Waals surface area contributed by atoms with Crippen LogP contribution in [0.3, 0.4) is 0 Å². The van der Waals surface area contributed by atoms with E-state index in [4.69, 9.17) is 4.98 Å². The van der Waals surface area contributed by atoms with Crippen LogP contribution in [0.5, 0.6) is 0 Å². The van der Waals surface area contributed by atoms with Crippen LogP contribution in [0, 0.1) is 6.92 Å². The fourth-order valence-electron chi connectivity index (χ4n) is 3.46. The number of hydrogen-bond donors (Lipinski definition) is 1. The van der Waals surface area contributed by atoms with E-state index in [-0.39, 0.29) is 23.2 Å². The molecule has 1 aliphatic rings. The predicted molar refractivity (Wildman–Crippen MR) is 107 cm³/mol. The smallest absolute Gasteiger partial charge is 0.272 e. The minimum atomic E-state index is -0.338. The lowest BCUT2D eigenvalue weighted by molar-refractivity contribution is 0.0932. The van der Waals surface area contributed by atoms with Gasteiger partial charge < -0.3 is 10.2 Å². The summed E-state index contributed by atoms with van der Waals surface area (Å²) in [5, 5.41) is 6.89. The lowest BCUT2D eigenvalue weighted by Crippen LogP contribution is -2.31. The van der Waals surface area contributed by atoms with Gasteiger partial charge in [-0.3, -0.25) is 9.59 Å². The first-order valence-electron chi connectivity index (χ1n) is 9.89. The van der Waals surface area contributed by atoms with Crippen molar-refractivity contribution in [1.82, 2.24) is 25.1 Å². The average Bonchev–Trinajstić information content (AvgIpc) is 2.63. The van der Waals surface area contributed by atoms with Crippen molar-refractivity contribution in [2.24, 2.45) is 7.05 Å². The summed E-state index contributed by atoms with van der Waals surface area (Å²) in [5.41, 5.74) is 1.67. The Morgan fingerprint density at radius 3 is 2.46 bits per heavy atom. The normalized spacial score (nSPS) is 16.2. The number of carbonyl (C=O) groups is 1. The number of aryl methyl sites for hydroxylation is 2. The molecule has 1 fully saturated rings. The maximum atomic E-state index is 12.5. The van der Waals surface area contributed by atoms with E-state index in [1.54, 1.807) is 6.20 Å². The Balaban J connectivity index is 1.71. The molecule has 0 spiro atoms. The van der Waals surface area contributed by atoms with Gasteiger partial charge in [-0.15, -0.1) is 0 Å². The Hall–Kier alpha value is -2.77. The van der Waals surface area contributed by atoms with Crippen LogP contribution in [0.25, 0.3) is 0 Å². The van der Waals surface area contributed by atoms with Crippen molar-refractivity contribution in [3.05, 3.63) is 45.6 Å². The molecule has 8 heteroatoms. The molecular weight excluding hydrogens is 356 g/mol. The number of aromatic nitrogens is 4. The van der Waals surface area contributed by atoms with E-state index in [1.165, 1.54) is 51.3 Å². The molecule has 150 valence electrons. The molecule has 1 atom stereocenters. The molecule has 2 aromatic heterocycles. The fraction of sp³-hybridized carbons (Fsp3) is 0.550. The third-order valence-corrected chi connectivity index (χ3v) is 5.15. The number of nitrogens with zero attached hydrogens (tertiary/aromatic N) is 5. The Bertz CT molecular complexity index is 887. The highest BCUT2D eigenvalue weighted by atomic mass is 16.2. The van der Waals surface area contributed by atoms with Crippen LogP contribution in [-0.4, -0.2) is 38.7 Å². The highest BCUT2D eigenvalue weighted by Crippen LogP contribution is 2.20. The molecule has 1 N–H and O–H groups in total. The number of rotatable bonds is 4. The minimum Gasteiger partial charge on any atom is -0.344 e. The maximum absolute atomic E-state index is 12.5. The molecule has 0 aromatic carbocycles. The highest BCUT2D eigenvalue weighted by Gasteiger charge is 2.18. The van der Waals surface area contributed by atoms with Gasteiger partial charge in [0, 0.05) is 43.7 Å². The van der Waals surface area contributed by atoms with Crippen molar-refractivity contribution in [2.45, 2.75) is 52.0 Å². The summed E-state index contributed by atoms with van der Waals surface area (Å²) in [5.74, 6) is 0.428. The molecule has 1 aliphatic heterocycles. The van der Waals surface area contributed by atoms with Crippen molar-refractivity contribution in [2.75, 3.05) is 18.0 Å². The molecule has 3 rings (SSSR count). The van der Waals surface area contributed by atoms with E-state index in [0.717, 1.165) is 35.0 Å². The van der Waals surface area contributed by atoms with Crippen molar-refractivity contribution in [3.8, 4) is 0 Å². The predicted octanol–water partition coefficient (Wildman–Crippen LogP) is 2.14. The summed E-state index contributed by atoms with van der Waals surface area (Å²) >= 11 is 0. The Morgan fingerprint density at radius 1 is 1.14 bits per heavy atom. The van der Waals surface area contributed by atoms with Gasteiger partial charge in [-0.1, -0.05) is 19.3 Å². The maximum Gasteiger partial charge on any atom is 0.272 e. The molecule has 0 saturated carbocycles. The van der Waals surface area contributed by atoms with Gasteiger partial charge in [0.25, 0.3) is 11.5 Å². The van der Waals surface area contributed by atoms with Crippen LogP contribution in [0.15, 0.2) is 23.1 Å². The first-order chi connectivity index (χ1) is 13.5. The van der Waals surface area contributed by atoms with Crippen LogP contribution in [0.2, 0.25) is 0 Å². The van der Waals surface area contributed by atoms with E-state index in [0.29, 0.717) is 0 Å². The highest BCUT2D eigenvalue weighted by molar-refractivity contribution is 5.92. The first-order valence-corrected chi connectivity index (χ1v) is 9.89. The average molecular weight is 384 g/mol. The fourth-order valence-corrected chi connectivity index (χ4v) is 3.46. The molecule has 28 heavy (non-hydrogen) atoms. The number of anilines is 1. The van der Waals surface area contributed by atoms with Crippen molar-refractivity contribution < 1.29 is 4.79 Å². The number of hydrogen-bond acceptors (Lipinski definition) is 6. The molecule has 3 heterocycles. The lowest BCUT2D eigenvalue weighted by Gasteiger charge is -2.25. The van der Waals surface area contributed by atoms with Crippen LogP contribution in [0.4, 0.5) is 5.95 Å². The van der Waals surface area contributed by atoms with Crippen molar-refractivity contribution >= 4 is 11.9 Å². The van der Waals surface area contributed by atoms with E-state index < -0.39 is 0 Å². The van der Waals surface area contributed by atoms with Crippen molar-refractivity contribution in [1.29, 1.82) is 0 Å². The molecule has 0 bridgehead atoms. The molecule has 2 aromatic rings. The summed E-state index contributed by atoms with van der Waals surface area (Å²) in [7, 11) is 1.52. The minimum absolute atomic E-state index is 0.199. The second-order valence-corrected chi connectivity index (χ2v) is 7.34. The van der Waals surface area contributed by atoms with E-state index in [2.05, 4.69) is 20.3 Å². The van der Waals surface area contributed by atoms with Gasteiger partial charge in [0.1, 0.15) is 5.69 Å². The first kappa shape index (κ1) is 20.0. The Morgan fingerprint density at radius 2 is 1.82 bits per heavy atom. The zero-order valence-corrected chi connectivity index (χ0v) is 16.8. The molecule has 1 unspecified atom stereocenters. The largest absolute Gasteiger partial charge is 0.344 e. The molecule has 1 amide bonds. The zero-order chi connectivity index (χ0) is 20.1. The zero-order valence-electron chi connectivity index (χ0n) is 16.8. The number of carbonyl (C=O) groups excluding carboxylic acids is 1. The Kier molecular flexibility index (Phi) is 6.38. The SMILES string of the molecule is Cc1nc(N2CCCCCCC2)ncc1C(C)NC(=O)c1ccc(=O)n(C)n1. The monoisotopic (exact) mass is 384 g/mol. The van der Waals surface area contributed by atoms with Gasteiger partial charge in [0.15, 0.2) is 0 Å². The van der Waals surface area contributed by atoms with Crippen LogP contribution >= 0.6 is 0 Å². The summed E-state index contributed by atoms with van der Waals surface area (Å²) < 4.78 is 1.15. The van der Waals surface area contributed by atoms with Gasteiger partial charge in [-0.2, -0.15) is 5.10 Å². The van der Waals surface area contributed by atoms with E-state index in [1.807, 2.05) is 13.8 Å². The van der Waals surface area contributed by atoms with Crippen LogP contribution in [-0.2, 0) is 7.05 Å². The summed E-state index contributed by atoms with van der Waals surface area (Å²) in [6.07, 6.45) is 7.97. The van der Waals surface area contributed by atoms with Gasteiger partial charge >= 0.3 is 0 Å². The van der Waals surface area contributed by atoms with E-state index >= 15 is 0 Å². The quantitative estimate of drug-likeness (QED) is 0.868. The third-order valence-electron chi connectivity index (χ3n) is 5.15. The van der Waals surface area contributed by atoms with E-state index in [9.17, 15) is 9.59 Å². The summed E-state index contributed by atoms with van der Waals surface area (Å²) in [6, 6.07) is 2.49. The molecule has 1 saturated heterocycles. The molecule has 0 radical (unpaired) electrons. The second-order valence-electron chi connectivity index (χ2n) is 7.34. The van der Waals surface area contributed by atoms with Gasteiger partial charge in [0.2, 0.25) is 5.95 Å². The van der Waals surface area contributed by atoms with Gasteiger partial charge in [0.05, 0.1) is 6.04 Å². The number of amides is 1. The third kappa shape index (κ3) is 4.74. The lowest BCUT2D eigenvalue weighted by atomic mass is 10.1. The Labute approximate surface area is 165 Å². The number of nitrogens with one attached hydrogen (secondary N) is 1.